The van der Waals surface area contributed by atoms with Crippen LogP contribution in [0.3, 0.4) is 0 Å². The van der Waals surface area contributed by atoms with Crippen molar-refractivity contribution in [2.45, 2.75) is 160 Å². The van der Waals surface area contributed by atoms with Gasteiger partial charge in [0.1, 0.15) is 24.0 Å². The van der Waals surface area contributed by atoms with Gasteiger partial charge in [0.25, 0.3) is 11.7 Å². The van der Waals surface area contributed by atoms with Crippen LogP contribution in [0.4, 0.5) is 0 Å². The van der Waals surface area contributed by atoms with Gasteiger partial charge in [-0.2, -0.15) is 0 Å². The van der Waals surface area contributed by atoms with Crippen molar-refractivity contribution in [3.05, 3.63) is 36.0 Å². The first-order valence-corrected chi connectivity index (χ1v) is 20.9. The zero-order valence-corrected chi connectivity index (χ0v) is 35.4. The first-order chi connectivity index (χ1) is 27.0. The highest BCUT2D eigenvalue weighted by Gasteiger charge is 2.56. The normalized spacial score (nSPS) is 41.0. The number of hydrogen-bond acceptors (Lipinski definition) is 12. The van der Waals surface area contributed by atoms with Crippen LogP contribution < -0.4 is 0 Å². The average Bonchev–Trinajstić information content (AvgIpc) is 3.18. The number of aliphatic hydroxyl groups is 3. The van der Waals surface area contributed by atoms with E-state index >= 15 is 0 Å². The Morgan fingerprint density at radius 3 is 2.25 bits per heavy atom. The molecule has 0 radical (unpaired) electrons. The zero-order valence-electron chi connectivity index (χ0n) is 35.4. The van der Waals surface area contributed by atoms with Crippen molar-refractivity contribution in [3.8, 4) is 0 Å². The summed E-state index contributed by atoms with van der Waals surface area (Å²) in [7, 11) is 4.61. The lowest BCUT2D eigenvalue weighted by atomic mass is 9.81. The summed E-state index contributed by atoms with van der Waals surface area (Å²) in [6, 6.07) is -1.14. The van der Waals surface area contributed by atoms with Gasteiger partial charge >= 0.3 is 5.97 Å². The number of allylic oxidation sites excluding steroid dienone is 4. The Hall–Kier alpha value is -2.78. The van der Waals surface area contributed by atoms with Crippen LogP contribution >= 0.6 is 0 Å². The molecule has 4 rings (SSSR count). The van der Waals surface area contributed by atoms with E-state index in [1.54, 1.807) is 27.0 Å². The predicted octanol–water partition coefficient (Wildman–Crippen LogP) is 4.64. The third kappa shape index (κ3) is 11.3. The molecule has 13 heteroatoms. The molecule has 0 aromatic heterocycles. The van der Waals surface area contributed by atoms with Crippen LogP contribution in [-0.2, 0) is 42.9 Å². The molecule has 57 heavy (non-hydrogen) atoms. The number of cyclic esters (lactones) is 1. The maximum absolute atomic E-state index is 14.3. The summed E-state index contributed by atoms with van der Waals surface area (Å²) in [5.41, 5.74) is 1.61. The molecular formula is C44H69NO12. The van der Waals surface area contributed by atoms with Crippen molar-refractivity contribution in [1.82, 2.24) is 4.90 Å². The number of rotatable bonds is 7. The van der Waals surface area contributed by atoms with Crippen LogP contribution in [0.2, 0.25) is 0 Å². The SMILES string of the molecule is C=CC[C@@H]1/C=C(/C)C[C@@H](C)C[C@H](OC)[C@H]2O[C@@](O)(C(=O)C(=O)N3CCCC[C@H]3C(=O)O[C@H](/C(C)=C/[C@@H]3CC[C@@H](O)[C@H](OC)C3)[C@@H](C)[C@@H](O)CC1=O)[C@H](C)C[C@@H]2OC. The Balaban J connectivity index is 1.78. The smallest absolute Gasteiger partial charge is 0.329 e. The van der Waals surface area contributed by atoms with E-state index in [9.17, 15) is 34.5 Å². The monoisotopic (exact) mass is 803 g/mol. The Morgan fingerprint density at radius 1 is 0.930 bits per heavy atom. The Morgan fingerprint density at radius 2 is 1.60 bits per heavy atom. The van der Waals surface area contributed by atoms with E-state index in [1.165, 1.54) is 19.1 Å². The van der Waals surface area contributed by atoms with E-state index in [0.29, 0.717) is 56.9 Å². The predicted molar refractivity (Wildman–Crippen MR) is 213 cm³/mol. The number of esters is 1. The highest BCUT2D eigenvalue weighted by atomic mass is 16.7. The highest BCUT2D eigenvalue weighted by Crippen LogP contribution is 2.39. The van der Waals surface area contributed by atoms with Crippen molar-refractivity contribution in [1.29, 1.82) is 0 Å². The first kappa shape index (κ1) is 46.9. The average molecular weight is 804 g/mol. The van der Waals surface area contributed by atoms with Gasteiger partial charge in [0.05, 0.1) is 30.5 Å². The number of piperidine rings is 1. The van der Waals surface area contributed by atoms with Crippen molar-refractivity contribution in [3.63, 3.8) is 0 Å². The molecule has 2 bridgehead atoms. The van der Waals surface area contributed by atoms with E-state index in [4.69, 9.17) is 23.7 Å². The number of carbonyl (C=O) groups is 4. The van der Waals surface area contributed by atoms with Crippen molar-refractivity contribution in [2.75, 3.05) is 27.9 Å². The molecule has 0 aromatic carbocycles. The highest BCUT2D eigenvalue weighted by molar-refractivity contribution is 6.39. The lowest BCUT2D eigenvalue weighted by molar-refractivity contribution is -0.302. The Kier molecular flexibility index (Phi) is 17.2. The molecule has 3 fully saturated rings. The fourth-order valence-electron chi connectivity index (χ4n) is 9.42. The number of hydrogen-bond donors (Lipinski definition) is 3. The van der Waals surface area contributed by atoms with E-state index < -0.39 is 83.9 Å². The van der Waals surface area contributed by atoms with E-state index in [-0.39, 0.29) is 49.5 Å². The minimum Gasteiger partial charge on any atom is -0.456 e. The molecule has 3 aliphatic heterocycles. The first-order valence-electron chi connectivity index (χ1n) is 20.9. The quantitative estimate of drug-likeness (QED) is 0.185. The van der Waals surface area contributed by atoms with Gasteiger partial charge in [-0.15, -0.1) is 6.58 Å². The van der Waals surface area contributed by atoms with Crippen LogP contribution in [0.25, 0.3) is 0 Å². The molecule has 0 aromatic rings. The summed E-state index contributed by atoms with van der Waals surface area (Å²) in [5.74, 6) is -7.76. The Labute approximate surface area is 339 Å². The molecule has 322 valence electrons. The van der Waals surface area contributed by atoms with Crippen LogP contribution in [0.1, 0.15) is 105 Å². The largest absolute Gasteiger partial charge is 0.456 e. The van der Waals surface area contributed by atoms with Crippen LogP contribution in [0, 0.1) is 29.6 Å². The maximum atomic E-state index is 14.3. The van der Waals surface area contributed by atoms with Crippen LogP contribution in [0.5, 0.6) is 0 Å². The van der Waals surface area contributed by atoms with E-state index in [1.807, 2.05) is 32.9 Å². The molecule has 3 N–H and O–H groups in total. The number of amides is 1. The number of carbonyl (C=O) groups excluding carboxylic acids is 4. The molecule has 13 nitrogen and oxygen atoms in total. The number of Topliss-reactive ketones (excluding diaryl/α,β-unsaturated/α-hetero) is 2. The minimum atomic E-state index is -2.51. The van der Waals surface area contributed by atoms with Gasteiger partial charge in [-0.1, -0.05) is 44.6 Å². The maximum Gasteiger partial charge on any atom is 0.329 e. The van der Waals surface area contributed by atoms with E-state index in [2.05, 4.69) is 6.58 Å². The van der Waals surface area contributed by atoms with Crippen LogP contribution in [-0.4, -0.2) is 126 Å². The number of fused-ring (bicyclic) bond motifs is 3. The van der Waals surface area contributed by atoms with Gasteiger partial charge in [-0.3, -0.25) is 14.4 Å². The fourth-order valence-corrected chi connectivity index (χ4v) is 9.42. The van der Waals surface area contributed by atoms with Gasteiger partial charge in [-0.05, 0) is 95.5 Å². The third-order valence-electron chi connectivity index (χ3n) is 12.9. The molecule has 0 spiro atoms. The van der Waals surface area contributed by atoms with Crippen molar-refractivity contribution in [2.24, 2.45) is 29.6 Å². The number of nitrogens with zero attached hydrogens (tertiary/aromatic N) is 1. The van der Waals surface area contributed by atoms with Gasteiger partial charge in [0.15, 0.2) is 0 Å². The van der Waals surface area contributed by atoms with Crippen molar-refractivity contribution < 1.29 is 58.2 Å². The molecule has 1 saturated carbocycles. The van der Waals surface area contributed by atoms with E-state index in [0.717, 1.165) is 5.57 Å². The molecule has 2 saturated heterocycles. The summed E-state index contributed by atoms with van der Waals surface area (Å²) < 4.78 is 29.7. The Bertz CT molecular complexity index is 1480. The fraction of sp³-hybridized carbons (Fsp3) is 0.773. The second-order valence-electron chi connectivity index (χ2n) is 17.3. The summed E-state index contributed by atoms with van der Waals surface area (Å²) in [6.07, 6.45) is 4.93. The lowest BCUT2D eigenvalue weighted by Gasteiger charge is -2.47. The summed E-state index contributed by atoms with van der Waals surface area (Å²) in [5, 5.41) is 34.1. The molecule has 4 aliphatic rings. The molecule has 1 amide bonds. The second-order valence-corrected chi connectivity index (χ2v) is 17.3. The molecule has 14 atom stereocenters. The second kappa shape index (κ2) is 21.0. The minimum absolute atomic E-state index is 0.00988. The van der Waals surface area contributed by atoms with Gasteiger partial charge in [-0.25, -0.2) is 4.79 Å². The standard InChI is InChI=1S/C44H69NO12/c1-10-13-31-19-25(2)18-26(3)20-37(54-8)40-38(55-9)22-28(5)44(52,57-40)41(49)42(50)45-17-12-11-14-32(45)43(51)56-39(29(6)34(47)24-35(31)48)27(4)21-30-15-16-33(46)36(23-30)53-7/h10,19,21,26,28-34,36-40,46-47,52H,1,11-18,20,22-24H2,2-9H3/b25-19-,27-21+/t26-,28-,29+,30+,31-,32+,33-,34+,36-,37+,38+,39-,40-,44-/m1/s1. The lowest BCUT2D eigenvalue weighted by Crippen LogP contribution is -2.64. The van der Waals surface area contributed by atoms with Gasteiger partial charge < -0.3 is 43.9 Å². The number of aliphatic hydroxyl groups excluding tert-OH is 2. The molecule has 3 heterocycles. The van der Waals surface area contributed by atoms with Gasteiger partial charge in [0.2, 0.25) is 5.79 Å². The summed E-state index contributed by atoms with van der Waals surface area (Å²) in [6.45, 7) is 13.1. The topological polar surface area (TPSA) is 178 Å². The number of methoxy groups -OCH3 is 3. The van der Waals surface area contributed by atoms with Gasteiger partial charge in [0, 0.05) is 52.0 Å². The number of ether oxygens (including phenoxy) is 5. The summed E-state index contributed by atoms with van der Waals surface area (Å²) >= 11 is 0. The summed E-state index contributed by atoms with van der Waals surface area (Å²) in [4.78, 5) is 57.8. The number of ketones is 2. The zero-order chi connectivity index (χ0) is 42.2. The third-order valence-corrected chi connectivity index (χ3v) is 12.9. The molecule has 0 unspecified atom stereocenters. The molecule has 1 aliphatic carbocycles. The van der Waals surface area contributed by atoms with Crippen LogP contribution in [0.15, 0.2) is 36.0 Å². The molecular weight excluding hydrogens is 734 g/mol. The van der Waals surface area contributed by atoms with Crippen molar-refractivity contribution >= 4 is 23.4 Å².